The topological polar surface area (TPSA) is 32.3 Å². The van der Waals surface area contributed by atoms with Crippen LogP contribution in [0.5, 0.6) is 0 Å². The van der Waals surface area contributed by atoms with E-state index in [-0.39, 0.29) is 5.82 Å². The first-order chi connectivity index (χ1) is 9.16. The van der Waals surface area contributed by atoms with Gasteiger partial charge in [0.25, 0.3) is 0 Å². The van der Waals surface area contributed by atoms with Crippen molar-refractivity contribution >= 4 is 11.3 Å². The first-order valence-electron chi connectivity index (χ1n) is 6.34. The van der Waals surface area contributed by atoms with Crippen molar-refractivity contribution in [2.24, 2.45) is 0 Å². The standard InChI is InChI=1S/C15H18FNOS/c1-11-9-13(16)5-4-12(11)6-7-17-10-14(18)15-3-2-8-19-15/h2-5,8-9,14,17-18H,6-7,10H2,1H3. The lowest BCUT2D eigenvalue weighted by atomic mass is 10.1. The van der Waals surface area contributed by atoms with Gasteiger partial charge in [-0.05, 0) is 54.6 Å². The third-order valence-electron chi connectivity index (χ3n) is 3.09. The van der Waals surface area contributed by atoms with E-state index in [2.05, 4.69) is 5.32 Å². The number of halogens is 1. The Hall–Kier alpha value is -1.23. The number of thiophene rings is 1. The predicted molar refractivity (Wildman–Crippen MR) is 77.0 cm³/mol. The molecule has 0 aliphatic rings. The minimum absolute atomic E-state index is 0.192. The third-order valence-corrected chi connectivity index (χ3v) is 4.06. The van der Waals surface area contributed by atoms with Crippen LogP contribution >= 0.6 is 11.3 Å². The summed E-state index contributed by atoms with van der Waals surface area (Å²) in [5, 5.41) is 15.1. The SMILES string of the molecule is Cc1cc(F)ccc1CCNCC(O)c1cccs1. The lowest BCUT2D eigenvalue weighted by Gasteiger charge is -2.11. The van der Waals surface area contributed by atoms with Crippen LogP contribution in [0.3, 0.4) is 0 Å². The molecule has 1 heterocycles. The van der Waals surface area contributed by atoms with Crippen LogP contribution in [0.15, 0.2) is 35.7 Å². The van der Waals surface area contributed by atoms with E-state index in [0.29, 0.717) is 6.54 Å². The number of rotatable bonds is 6. The molecule has 2 aromatic rings. The van der Waals surface area contributed by atoms with E-state index in [1.54, 1.807) is 17.4 Å². The lowest BCUT2D eigenvalue weighted by molar-refractivity contribution is 0.179. The molecule has 0 fully saturated rings. The minimum Gasteiger partial charge on any atom is -0.386 e. The second-order valence-electron chi connectivity index (χ2n) is 4.56. The molecule has 0 bridgehead atoms. The molecule has 0 aliphatic heterocycles. The second-order valence-corrected chi connectivity index (χ2v) is 5.54. The molecule has 2 rings (SSSR count). The highest BCUT2D eigenvalue weighted by molar-refractivity contribution is 7.10. The van der Waals surface area contributed by atoms with Gasteiger partial charge in [-0.1, -0.05) is 12.1 Å². The van der Waals surface area contributed by atoms with Gasteiger partial charge >= 0.3 is 0 Å². The summed E-state index contributed by atoms with van der Waals surface area (Å²) in [7, 11) is 0. The molecule has 0 radical (unpaired) electrons. The molecule has 2 nitrogen and oxygen atoms in total. The summed E-state index contributed by atoms with van der Waals surface area (Å²) in [6.07, 6.45) is 0.387. The summed E-state index contributed by atoms with van der Waals surface area (Å²) < 4.78 is 13.0. The first-order valence-corrected chi connectivity index (χ1v) is 7.22. The molecular weight excluding hydrogens is 261 g/mol. The van der Waals surface area contributed by atoms with Crippen molar-refractivity contribution in [3.8, 4) is 0 Å². The molecule has 0 saturated carbocycles. The zero-order valence-electron chi connectivity index (χ0n) is 10.9. The fourth-order valence-corrected chi connectivity index (χ4v) is 2.69. The van der Waals surface area contributed by atoms with Crippen molar-refractivity contribution in [2.75, 3.05) is 13.1 Å². The fraction of sp³-hybridized carbons (Fsp3) is 0.333. The van der Waals surface area contributed by atoms with E-state index in [1.807, 2.05) is 30.5 Å². The largest absolute Gasteiger partial charge is 0.386 e. The average molecular weight is 279 g/mol. The van der Waals surface area contributed by atoms with Crippen LogP contribution in [0.1, 0.15) is 22.1 Å². The Morgan fingerprint density at radius 2 is 2.21 bits per heavy atom. The van der Waals surface area contributed by atoms with Gasteiger partial charge in [0.05, 0.1) is 0 Å². The molecule has 1 unspecified atom stereocenters. The smallest absolute Gasteiger partial charge is 0.123 e. The van der Waals surface area contributed by atoms with Crippen molar-refractivity contribution in [1.82, 2.24) is 5.32 Å². The lowest BCUT2D eigenvalue weighted by Crippen LogP contribution is -2.23. The number of aliphatic hydroxyl groups excluding tert-OH is 1. The van der Waals surface area contributed by atoms with Crippen LogP contribution in [0.4, 0.5) is 4.39 Å². The molecule has 2 N–H and O–H groups in total. The molecule has 19 heavy (non-hydrogen) atoms. The van der Waals surface area contributed by atoms with Crippen molar-refractivity contribution in [1.29, 1.82) is 0 Å². The van der Waals surface area contributed by atoms with Gasteiger partial charge in [-0.25, -0.2) is 4.39 Å². The maximum atomic E-state index is 13.0. The quantitative estimate of drug-likeness (QED) is 0.797. The summed E-state index contributed by atoms with van der Waals surface area (Å²) in [4.78, 5) is 0.977. The van der Waals surface area contributed by atoms with E-state index in [4.69, 9.17) is 0 Å². The Labute approximate surface area is 116 Å². The molecule has 4 heteroatoms. The van der Waals surface area contributed by atoms with Gasteiger partial charge in [0, 0.05) is 11.4 Å². The van der Waals surface area contributed by atoms with Crippen LogP contribution in [-0.2, 0) is 6.42 Å². The number of hydrogen-bond donors (Lipinski definition) is 2. The fourth-order valence-electron chi connectivity index (χ4n) is 1.98. The maximum Gasteiger partial charge on any atom is 0.123 e. The van der Waals surface area contributed by atoms with Crippen LogP contribution < -0.4 is 5.32 Å². The van der Waals surface area contributed by atoms with Gasteiger partial charge < -0.3 is 10.4 Å². The monoisotopic (exact) mass is 279 g/mol. The third kappa shape index (κ3) is 4.13. The molecule has 0 aliphatic carbocycles. The number of aryl methyl sites for hydroxylation is 1. The molecule has 0 amide bonds. The second kappa shape index (κ2) is 6.80. The number of aliphatic hydroxyl groups is 1. The number of nitrogens with one attached hydrogen (secondary N) is 1. The molecule has 0 saturated heterocycles. The average Bonchev–Trinajstić information content (AvgIpc) is 2.90. The van der Waals surface area contributed by atoms with E-state index in [1.165, 1.54) is 6.07 Å². The van der Waals surface area contributed by atoms with Crippen LogP contribution in [0.25, 0.3) is 0 Å². The van der Waals surface area contributed by atoms with Gasteiger partial charge in [0.2, 0.25) is 0 Å². The molecule has 1 aromatic heterocycles. The predicted octanol–water partition coefficient (Wildman–Crippen LogP) is 3.06. The van der Waals surface area contributed by atoms with E-state index < -0.39 is 6.10 Å². The van der Waals surface area contributed by atoms with Crippen LogP contribution in [0.2, 0.25) is 0 Å². The van der Waals surface area contributed by atoms with Gasteiger partial charge in [0.1, 0.15) is 11.9 Å². The van der Waals surface area contributed by atoms with E-state index in [9.17, 15) is 9.50 Å². The summed E-state index contributed by atoms with van der Waals surface area (Å²) in [5.41, 5.74) is 2.11. The summed E-state index contributed by atoms with van der Waals surface area (Å²) in [5.74, 6) is -0.192. The van der Waals surface area contributed by atoms with Crippen molar-refractivity contribution in [3.63, 3.8) is 0 Å². The Kier molecular flexibility index (Phi) is 5.07. The zero-order chi connectivity index (χ0) is 13.7. The molecule has 0 spiro atoms. The summed E-state index contributed by atoms with van der Waals surface area (Å²) >= 11 is 1.56. The van der Waals surface area contributed by atoms with Crippen LogP contribution in [0, 0.1) is 12.7 Å². The van der Waals surface area contributed by atoms with Crippen molar-refractivity contribution in [2.45, 2.75) is 19.4 Å². The molecule has 1 aromatic carbocycles. The van der Waals surface area contributed by atoms with Gasteiger partial charge in [-0.15, -0.1) is 11.3 Å². The summed E-state index contributed by atoms with van der Waals surface area (Å²) in [6, 6.07) is 8.73. The highest BCUT2D eigenvalue weighted by Gasteiger charge is 2.07. The maximum absolute atomic E-state index is 13.0. The Balaban J connectivity index is 1.75. The van der Waals surface area contributed by atoms with Crippen molar-refractivity contribution in [3.05, 3.63) is 57.5 Å². The number of hydrogen-bond acceptors (Lipinski definition) is 3. The molecular formula is C15H18FNOS. The first kappa shape index (κ1) is 14.2. The minimum atomic E-state index is -0.450. The molecule has 102 valence electrons. The Morgan fingerprint density at radius 1 is 1.37 bits per heavy atom. The van der Waals surface area contributed by atoms with Gasteiger partial charge in [0.15, 0.2) is 0 Å². The van der Waals surface area contributed by atoms with E-state index in [0.717, 1.165) is 29.0 Å². The molecule has 1 atom stereocenters. The Morgan fingerprint density at radius 3 is 2.89 bits per heavy atom. The zero-order valence-corrected chi connectivity index (χ0v) is 11.7. The Bertz CT molecular complexity index is 513. The number of benzene rings is 1. The van der Waals surface area contributed by atoms with Gasteiger partial charge in [-0.3, -0.25) is 0 Å². The summed E-state index contributed by atoms with van der Waals surface area (Å²) in [6.45, 7) is 3.23. The van der Waals surface area contributed by atoms with Crippen molar-refractivity contribution < 1.29 is 9.50 Å². The highest BCUT2D eigenvalue weighted by atomic mass is 32.1. The normalized spacial score (nSPS) is 12.6. The van der Waals surface area contributed by atoms with Crippen LogP contribution in [-0.4, -0.2) is 18.2 Å². The van der Waals surface area contributed by atoms with E-state index >= 15 is 0 Å². The van der Waals surface area contributed by atoms with Gasteiger partial charge in [-0.2, -0.15) is 0 Å². The highest BCUT2D eigenvalue weighted by Crippen LogP contribution is 2.17.